The fourth-order valence-corrected chi connectivity index (χ4v) is 1.40. The van der Waals surface area contributed by atoms with Crippen molar-refractivity contribution in [2.45, 2.75) is 19.8 Å². The maximum absolute atomic E-state index is 12.7. The number of rotatable bonds is 5. The average molecular weight is 245 g/mol. The second kappa shape index (κ2) is 6.12. The van der Waals surface area contributed by atoms with Crippen LogP contribution in [-0.2, 0) is 16.0 Å². The van der Waals surface area contributed by atoms with Crippen molar-refractivity contribution in [1.82, 2.24) is 4.98 Å². The number of pyridine rings is 1. The van der Waals surface area contributed by atoms with E-state index >= 15 is 0 Å². The summed E-state index contributed by atoms with van der Waals surface area (Å²) in [5.74, 6) is -0.559. The van der Waals surface area contributed by atoms with Gasteiger partial charge in [-0.15, -0.1) is 0 Å². The highest BCUT2D eigenvalue weighted by molar-refractivity contribution is 5.74. The summed E-state index contributed by atoms with van der Waals surface area (Å²) in [6, 6.07) is 1.17. The summed E-state index contributed by atoms with van der Waals surface area (Å²) in [5.41, 5.74) is -0.187. The molecule has 1 rings (SSSR count). The van der Waals surface area contributed by atoms with E-state index in [1.54, 1.807) is 6.92 Å². The molecule has 1 aromatic rings. The van der Waals surface area contributed by atoms with Crippen molar-refractivity contribution in [3.8, 4) is 5.88 Å². The zero-order valence-electron chi connectivity index (χ0n) is 9.57. The summed E-state index contributed by atoms with van der Waals surface area (Å²) in [6.07, 6.45) is -1.74. The third kappa shape index (κ3) is 3.37. The van der Waals surface area contributed by atoms with E-state index in [4.69, 9.17) is 9.47 Å². The molecule has 0 unspecified atom stereocenters. The Balaban J connectivity index is 3.04. The molecule has 0 aliphatic carbocycles. The van der Waals surface area contributed by atoms with Gasteiger partial charge in [-0.25, -0.2) is 13.8 Å². The highest BCUT2D eigenvalue weighted by atomic mass is 19.3. The molecular formula is C11H13F2NO3. The first-order valence-electron chi connectivity index (χ1n) is 5.05. The fraction of sp³-hybridized carbons (Fsp3) is 0.455. The molecule has 0 radical (unpaired) electrons. The topological polar surface area (TPSA) is 48.4 Å². The standard InChI is InChI=1S/C11H13F2NO3/c1-3-17-9(15)6-8-7(10(12)13)4-5-14-11(8)16-2/h4-5,10H,3,6H2,1-2H3. The van der Waals surface area contributed by atoms with E-state index in [9.17, 15) is 13.6 Å². The van der Waals surface area contributed by atoms with Gasteiger partial charge in [0.2, 0.25) is 5.88 Å². The van der Waals surface area contributed by atoms with E-state index in [-0.39, 0.29) is 30.0 Å². The average Bonchev–Trinajstić information content (AvgIpc) is 2.29. The highest BCUT2D eigenvalue weighted by Gasteiger charge is 2.20. The van der Waals surface area contributed by atoms with Gasteiger partial charge in [0.15, 0.2) is 0 Å². The van der Waals surface area contributed by atoms with Crippen LogP contribution in [0.1, 0.15) is 24.5 Å². The summed E-state index contributed by atoms with van der Waals surface area (Å²) >= 11 is 0. The molecule has 1 aromatic heterocycles. The van der Waals surface area contributed by atoms with Gasteiger partial charge in [0.05, 0.1) is 20.1 Å². The summed E-state index contributed by atoms with van der Waals surface area (Å²) in [7, 11) is 1.31. The molecule has 17 heavy (non-hydrogen) atoms. The zero-order valence-corrected chi connectivity index (χ0v) is 9.57. The Kier molecular flexibility index (Phi) is 4.81. The number of ether oxygens (including phenoxy) is 2. The van der Waals surface area contributed by atoms with Crippen molar-refractivity contribution in [3.05, 3.63) is 23.4 Å². The van der Waals surface area contributed by atoms with Crippen LogP contribution in [0.5, 0.6) is 5.88 Å². The van der Waals surface area contributed by atoms with E-state index in [2.05, 4.69) is 4.98 Å². The van der Waals surface area contributed by atoms with E-state index in [1.165, 1.54) is 19.4 Å². The number of nitrogens with zero attached hydrogens (tertiary/aromatic N) is 1. The SMILES string of the molecule is CCOC(=O)Cc1c(C(F)F)ccnc1OC. The van der Waals surface area contributed by atoms with Crippen molar-refractivity contribution in [3.63, 3.8) is 0 Å². The van der Waals surface area contributed by atoms with E-state index < -0.39 is 12.4 Å². The second-order valence-electron chi connectivity index (χ2n) is 3.17. The van der Waals surface area contributed by atoms with Crippen LogP contribution in [0, 0.1) is 0 Å². The van der Waals surface area contributed by atoms with Crippen LogP contribution in [0.3, 0.4) is 0 Å². The number of halogens is 2. The monoisotopic (exact) mass is 245 g/mol. The van der Waals surface area contributed by atoms with Crippen LogP contribution in [-0.4, -0.2) is 24.7 Å². The molecule has 94 valence electrons. The molecule has 0 amide bonds. The van der Waals surface area contributed by atoms with Gasteiger partial charge in [-0.05, 0) is 13.0 Å². The van der Waals surface area contributed by atoms with Crippen LogP contribution < -0.4 is 4.74 Å². The Morgan fingerprint density at radius 3 is 2.76 bits per heavy atom. The molecule has 0 spiro atoms. The molecule has 1 heterocycles. The lowest BCUT2D eigenvalue weighted by Crippen LogP contribution is -2.11. The molecule has 4 nitrogen and oxygen atoms in total. The lowest BCUT2D eigenvalue weighted by atomic mass is 10.1. The number of aromatic nitrogens is 1. The molecule has 0 bridgehead atoms. The molecular weight excluding hydrogens is 232 g/mol. The third-order valence-electron chi connectivity index (χ3n) is 2.11. The van der Waals surface area contributed by atoms with E-state index in [0.717, 1.165) is 0 Å². The minimum Gasteiger partial charge on any atom is -0.481 e. The first-order chi connectivity index (χ1) is 8.10. The minimum absolute atomic E-state index is 0.0239. The lowest BCUT2D eigenvalue weighted by molar-refractivity contribution is -0.142. The van der Waals surface area contributed by atoms with Gasteiger partial charge in [-0.1, -0.05) is 0 Å². The Hall–Kier alpha value is -1.72. The number of carbonyl (C=O) groups is 1. The van der Waals surface area contributed by atoms with Crippen LogP contribution in [0.2, 0.25) is 0 Å². The quantitative estimate of drug-likeness (QED) is 0.745. The summed E-state index contributed by atoms with van der Waals surface area (Å²) < 4.78 is 35.1. The molecule has 0 saturated carbocycles. The van der Waals surface area contributed by atoms with Gasteiger partial charge in [0.25, 0.3) is 6.43 Å². The molecule has 0 aliphatic rings. The largest absolute Gasteiger partial charge is 0.481 e. The molecule has 0 fully saturated rings. The number of hydrogen-bond acceptors (Lipinski definition) is 4. The Morgan fingerprint density at radius 1 is 1.53 bits per heavy atom. The molecule has 6 heteroatoms. The zero-order chi connectivity index (χ0) is 12.8. The molecule has 0 saturated heterocycles. The van der Waals surface area contributed by atoms with Crippen LogP contribution in [0.25, 0.3) is 0 Å². The Morgan fingerprint density at radius 2 is 2.24 bits per heavy atom. The van der Waals surface area contributed by atoms with Crippen molar-refractivity contribution in [2.24, 2.45) is 0 Å². The predicted octanol–water partition coefficient (Wildman–Crippen LogP) is 2.13. The summed E-state index contributed by atoms with van der Waals surface area (Å²) in [5, 5.41) is 0. The molecule has 0 N–H and O–H groups in total. The predicted molar refractivity (Wildman–Crippen MR) is 56.1 cm³/mol. The number of carbonyl (C=O) groups excluding carboxylic acids is 1. The highest BCUT2D eigenvalue weighted by Crippen LogP contribution is 2.28. The van der Waals surface area contributed by atoms with Gasteiger partial charge in [0.1, 0.15) is 0 Å². The van der Waals surface area contributed by atoms with Gasteiger partial charge >= 0.3 is 5.97 Å². The van der Waals surface area contributed by atoms with Crippen LogP contribution >= 0.6 is 0 Å². The third-order valence-corrected chi connectivity index (χ3v) is 2.11. The number of methoxy groups -OCH3 is 1. The van der Waals surface area contributed by atoms with Gasteiger partial charge in [-0.2, -0.15) is 0 Å². The van der Waals surface area contributed by atoms with Crippen molar-refractivity contribution < 1.29 is 23.0 Å². The Bertz CT molecular complexity index is 396. The molecule has 0 atom stereocenters. The number of esters is 1. The summed E-state index contributed by atoms with van der Waals surface area (Å²) in [4.78, 5) is 15.1. The number of hydrogen-bond donors (Lipinski definition) is 0. The van der Waals surface area contributed by atoms with Gasteiger partial charge in [0, 0.05) is 17.3 Å². The van der Waals surface area contributed by atoms with Crippen LogP contribution in [0.15, 0.2) is 12.3 Å². The Labute approximate surface area is 97.6 Å². The van der Waals surface area contributed by atoms with Crippen molar-refractivity contribution in [2.75, 3.05) is 13.7 Å². The number of alkyl halides is 2. The summed E-state index contributed by atoms with van der Waals surface area (Å²) in [6.45, 7) is 1.85. The van der Waals surface area contributed by atoms with Crippen LogP contribution in [0.4, 0.5) is 8.78 Å². The van der Waals surface area contributed by atoms with E-state index in [1.807, 2.05) is 0 Å². The first-order valence-corrected chi connectivity index (χ1v) is 5.05. The van der Waals surface area contributed by atoms with Gasteiger partial charge < -0.3 is 9.47 Å². The maximum atomic E-state index is 12.7. The van der Waals surface area contributed by atoms with Crippen molar-refractivity contribution >= 4 is 5.97 Å². The minimum atomic E-state index is -2.68. The second-order valence-corrected chi connectivity index (χ2v) is 3.17. The van der Waals surface area contributed by atoms with Crippen molar-refractivity contribution in [1.29, 1.82) is 0 Å². The first kappa shape index (κ1) is 13.3. The smallest absolute Gasteiger partial charge is 0.310 e. The normalized spacial score (nSPS) is 10.4. The van der Waals surface area contributed by atoms with E-state index in [0.29, 0.717) is 0 Å². The fourth-order valence-electron chi connectivity index (χ4n) is 1.40. The van der Waals surface area contributed by atoms with Gasteiger partial charge in [-0.3, -0.25) is 4.79 Å². The maximum Gasteiger partial charge on any atom is 0.310 e. The molecule has 0 aliphatic heterocycles. The lowest BCUT2D eigenvalue weighted by Gasteiger charge is -2.11. The molecule has 0 aromatic carbocycles.